The number of piperazine rings is 1. The standard InChI is InChI=1S/C16H18N6O4S/c1-20-12-5-3-2-4-11(12)18-16(20)21-6-8-22(9-7-21)27(25,26)13-10-17-15(24)19-14(13)23/h2-5,10H,6-9H2,1H3,(H2,17,19,23,24). The molecule has 3 aromatic rings. The van der Waals surface area contributed by atoms with Crippen molar-refractivity contribution in [2.45, 2.75) is 4.90 Å². The maximum atomic E-state index is 12.7. The highest BCUT2D eigenvalue weighted by atomic mass is 32.2. The van der Waals surface area contributed by atoms with Crippen molar-refractivity contribution in [3.63, 3.8) is 0 Å². The second-order valence-electron chi connectivity index (χ2n) is 6.29. The fourth-order valence-corrected chi connectivity index (χ4v) is 4.69. The van der Waals surface area contributed by atoms with Gasteiger partial charge in [-0.15, -0.1) is 0 Å². The van der Waals surface area contributed by atoms with Crippen LogP contribution in [0.15, 0.2) is 44.9 Å². The summed E-state index contributed by atoms with van der Waals surface area (Å²) in [5.74, 6) is 0.773. The molecule has 0 spiro atoms. The summed E-state index contributed by atoms with van der Waals surface area (Å²) >= 11 is 0. The van der Waals surface area contributed by atoms with Crippen molar-refractivity contribution in [1.29, 1.82) is 0 Å². The Kier molecular flexibility index (Phi) is 4.12. The van der Waals surface area contributed by atoms with Crippen LogP contribution in [0.5, 0.6) is 0 Å². The number of aromatic amines is 2. The fraction of sp³-hybridized carbons (Fsp3) is 0.312. The molecule has 0 unspecified atom stereocenters. The second-order valence-corrected chi connectivity index (χ2v) is 8.19. The van der Waals surface area contributed by atoms with E-state index in [1.807, 2.05) is 45.8 Å². The van der Waals surface area contributed by atoms with E-state index in [2.05, 4.69) is 9.97 Å². The first-order valence-corrected chi connectivity index (χ1v) is 9.80. The van der Waals surface area contributed by atoms with Crippen LogP contribution in [0.4, 0.5) is 5.95 Å². The van der Waals surface area contributed by atoms with Crippen LogP contribution in [0.1, 0.15) is 0 Å². The predicted octanol–water partition coefficient (Wildman–Crippen LogP) is -0.539. The molecular formula is C16H18N6O4S. The van der Waals surface area contributed by atoms with Crippen molar-refractivity contribution in [2.75, 3.05) is 31.1 Å². The molecule has 142 valence electrons. The number of rotatable bonds is 3. The van der Waals surface area contributed by atoms with E-state index in [1.165, 1.54) is 4.31 Å². The average Bonchev–Trinajstić information content (AvgIpc) is 2.99. The van der Waals surface area contributed by atoms with E-state index in [1.54, 1.807) is 0 Å². The number of para-hydroxylation sites is 2. The van der Waals surface area contributed by atoms with Crippen molar-refractivity contribution < 1.29 is 8.42 Å². The molecule has 1 aliphatic heterocycles. The zero-order valence-corrected chi connectivity index (χ0v) is 15.4. The Hall–Kier alpha value is -2.92. The summed E-state index contributed by atoms with van der Waals surface area (Å²) in [6, 6.07) is 7.78. The summed E-state index contributed by atoms with van der Waals surface area (Å²) in [5.41, 5.74) is 0.217. The second kappa shape index (κ2) is 6.35. The van der Waals surface area contributed by atoms with Gasteiger partial charge in [0.1, 0.15) is 0 Å². The van der Waals surface area contributed by atoms with Gasteiger partial charge in [-0.25, -0.2) is 18.2 Å². The third-order valence-electron chi connectivity index (χ3n) is 4.69. The molecule has 11 heteroatoms. The number of nitrogens with zero attached hydrogens (tertiary/aromatic N) is 4. The number of H-pyrrole nitrogens is 2. The molecule has 0 aliphatic carbocycles. The molecule has 0 atom stereocenters. The molecule has 1 fully saturated rings. The number of anilines is 1. The van der Waals surface area contributed by atoms with Gasteiger partial charge < -0.3 is 14.5 Å². The lowest BCUT2D eigenvalue weighted by Gasteiger charge is -2.34. The van der Waals surface area contributed by atoms with Gasteiger partial charge in [-0.2, -0.15) is 4.31 Å². The largest absolute Gasteiger partial charge is 0.340 e. The molecule has 10 nitrogen and oxygen atoms in total. The summed E-state index contributed by atoms with van der Waals surface area (Å²) < 4.78 is 28.7. The van der Waals surface area contributed by atoms with Gasteiger partial charge in [-0.3, -0.25) is 9.78 Å². The number of hydrogen-bond acceptors (Lipinski definition) is 6. The van der Waals surface area contributed by atoms with E-state index in [0.717, 1.165) is 23.2 Å². The molecular weight excluding hydrogens is 372 g/mol. The van der Waals surface area contributed by atoms with Gasteiger partial charge in [-0.1, -0.05) is 12.1 Å². The minimum absolute atomic E-state index is 0.212. The summed E-state index contributed by atoms with van der Waals surface area (Å²) in [6.45, 7) is 1.31. The number of hydrogen-bond donors (Lipinski definition) is 2. The minimum atomic E-state index is -3.98. The van der Waals surface area contributed by atoms with Gasteiger partial charge in [0.2, 0.25) is 16.0 Å². The Morgan fingerprint density at radius 1 is 1.07 bits per heavy atom. The topological polar surface area (TPSA) is 124 Å². The Labute approximate surface area is 154 Å². The van der Waals surface area contributed by atoms with E-state index in [0.29, 0.717) is 13.1 Å². The lowest BCUT2D eigenvalue weighted by molar-refractivity contribution is 0.381. The summed E-state index contributed by atoms with van der Waals surface area (Å²) in [4.78, 5) is 33.3. The number of fused-ring (bicyclic) bond motifs is 1. The van der Waals surface area contributed by atoms with Crippen molar-refractivity contribution in [3.8, 4) is 0 Å². The maximum absolute atomic E-state index is 12.7. The first-order valence-electron chi connectivity index (χ1n) is 8.36. The van der Waals surface area contributed by atoms with Crippen LogP contribution >= 0.6 is 0 Å². The van der Waals surface area contributed by atoms with Crippen LogP contribution in [-0.2, 0) is 17.1 Å². The predicted molar refractivity (Wildman–Crippen MR) is 99.4 cm³/mol. The van der Waals surface area contributed by atoms with Gasteiger partial charge in [0.15, 0.2) is 4.90 Å². The summed E-state index contributed by atoms with van der Waals surface area (Å²) in [7, 11) is -2.06. The highest BCUT2D eigenvalue weighted by Crippen LogP contribution is 2.23. The van der Waals surface area contributed by atoms with Crippen LogP contribution in [0.2, 0.25) is 0 Å². The monoisotopic (exact) mass is 390 g/mol. The van der Waals surface area contributed by atoms with Crippen LogP contribution in [0.25, 0.3) is 11.0 Å². The van der Waals surface area contributed by atoms with Crippen molar-refractivity contribution >= 4 is 27.0 Å². The molecule has 2 N–H and O–H groups in total. The molecule has 0 saturated carbocycles. The number of nitrogens with one attached hydrogen (secondary N) is 2. The van der Waals surface area contributed by atoms with Gasteiger partial charge in [0.25, 0.3) is 5.56 Å². The van der Waals surface area contributed by atoms with Crippen molar-refractivity contribution in [3.05, 3.63) is 51.3 Å². The molecule has 2 aromatic heterocycles. The Morgan fingerprint density at radius 2 is 1.78 bits per heavy atom. The number of aryl methyl sites for hydroxylation is 1. The normalized spacial score (nSPS) is 16.1. The third kappa shape index (κ3) is 2.94. The number of imidazole rings is 1. The molecule has 3 heterocycles. The summed E-state index contributed by atoms with van der Waals surface area (Å²) in [5, 5.41) is 0. The zero-order chi connectivity index (χ0) is 19.2. The quantitative estimate of drug-likeness (QED) is 0.619. The lowest BCUT2D eigenvalue weighted by atomic mass is 10.3. The average molecular weight is 390 g/mol. The van der Waals surface area contributed by atoms with E-state index in [4.69, 9.17) is 0 Å². The molecule has 0 bridgehead atoms. The van der Waals surface area contributed by atoms with E-state index in [-0.39, 0.29) is 13.1 Å². The SMILES string of the molecule is Cn1c(N2CCN(S(=O)(=O)c3c[nH]c(=O)[nH]c3=O)CC2)nc2ccccc21. The molecule has 1 saturated heterocycles. The Bertz CT molecular complexity index is 1220. The van der Waals surface area contributed by atoms with Crippen LogP contribution in [0, 0.1) is 0 Å². The van der Waals surface area contributed by atoms with Gasteiger partial charge >= 0.3 is 5.69 Å². The Balaban J connectivity index is 1.57. The lowest BCUT2D eigenvalue weighted by Crippen LogP contribution is -2.50. The van der Waals surface area contributed by atoms with Gasteiger partial charge in [0, 0.05) is 39.4 Å². The number of sulfonamides is 1. The maximum Gasteiger partial charge on any atom is 0.325 e. The van der Waals surface area contributed by atoms with Crippen molar-refractivity contribution in [1.82, 2.24) is 23.8 Å². The smallest absolute Gasteiger partial charge is 0.325 e. The first kappa shape index (κ1) is 17.5. The van der Waals surface area contributed by atoms with Gasteiger partial charge in [-0.05, 0) is 12.1 Å². The van der Waals surface area contributed by atoms with Gasteiger partial charge in [0.05, 0.1) is 11.0 Å². The first-order chi connectivity index (χ1) is 12.9. The number of benzene rings is 1. The van der Waals surface area contributed by atoms with Crippen molar-refractivity contribution in [2.24, 2.45) is 7.05 Å². The van der Waals surface area contributed by atoms with Crippen LogP contribution < -0.4 is 16.1 Å². The zero-order valence-electron chi connectivity index (χ0n) is 14.5. The molecule has 1 aliphatic rings. The van der Waals surface area contributed by atoms with E-state index in [9.17, 15) is 18.0 Å². The molecule has 27 heavy (non-hydrogen) atoms. The molecule has 0 amide bonds. The minimum Gasteiger partial charge on any atom is -0.340 e. The van der Waals surface area contributed by atoms with E-state index >= 15 is 0 Å². The Morgan fingerprint density at radius 3 is 2.44 bits per heavy atom. The fourth-order valence-electron chi connectivity index (χ4n) is 3.27. The third-order valence-corrected chi connectivity index (χ3v) is 6.59. The van der Waals surface area contributed by atoms with Crippen LogP contribution in [0.3, 0.4) is 0 Å². The molecule has 0 radical (unpaired) electrons. The highest BCUT2D eigenvalue weighted by Gasteiger charge is 2.31. The number of aromatic nitrogens is 4. The summed E-state index contributed by atoms with van der Waals surface area (Å²) in [6.07, 6.45) is 0.939. The highest BCUT2D eigenvalue weighted by molar-refractivity contribution is 7.89. The molecule has 4 rings (SSSR count). The van der Waals surface area contributed by atoms with Crippen LogP contribution in [-0.4, -0.2) is 58.4 Å². The molecule has 1 aromatic carbocycles. The van der Waals surface area contributed by atoms with E-state index < -0.39 is 26.2 Å².